The van der Waals surface area contributed by atoms with Crippen molar-refractivity contribution in [2.75, 3.05) is 13.2 Å². The van der Waals surface area contributed by atoms with Gasteiger partial charge in [0.25, 0.3) is 0 Å². The van der Waals surface area contributed by atoms with Gasteiger partial charge >= 0.3 is 5.97 Å². The summed E-state index contributed by atoms with van der Waals surface area (Å²) in [6.07, 6.45) is 14.4. The van der Waals surface area contributed by atoms with Gasteiger partial charge in [-0.1, -0.05) is 71.8 Å². The molecule has 0 bridgehead atoms. The molecule has 0 aromatic rings. The fourth-order valence-corrected chi connectivity index (χ4v) is 2.87. The molecule has 0 aromatic heterocycles. The number of hydrogen-bond donors (Lipinski definition) is 1. The van der Waals surface area contributed by atoms with Gasteiger partial charge in [0.05, 0.1) is 6.61 Å². The Morgan fingerprint density at radius 3 is 1.74 bits per heavy atom. The first-order valence-corrected chi connectivity index (χ1v) is 9.73. The van der Waals surface area contributed by atoms with Gasteiger partial charge in [-0.05, 0) is 38.1 Å². The normalized spacial score (nSPS) is 11.0. The minimum absolute atomic E-state index is 0.198. The Hall–Kier alpha value is -0.830. The summed E-state index contributed by atoms with van der Waals surface area (Å²) < 4.78 is 5.32. The molecule has 0 rings (SSSR count). The topological polar surface area (TPSA) is 52.3 Å². The van der Waals surface area contributed by atoms with Gasteiger partial charge in [0.1, 0.15) is 0 Å². The molecule has 2 N–H and O–H groups in total. The molecule has 0 aliphatic rings. The van der Waals surface area contributed by atoms with E-state index in [9.17, 15) is 4.79 Å². The molecule has 0 heterocycles. The highest BCUT2D eigenvalue weighted by Gasteiger charge is 2.16. The summed E-state index contributed by atoms with van der Waals surface area (Å²) in [5.74, 6) is 0.0727. The lowest BCUT2D eigenvalue weighted by atomic mass is 9.95. The summed E-state index contributed by atoms with van der Waals surface area (Å²) in [5, 5.41) is 0. The molecule has 0 unspecified atom stereocenters. The Kier molecular flexibility index (Phi) is 15.5. The third kappa shape index (κ3) is 12.3. The first-order valence-electron chi connectivity index (χ1n) is 9.73. The molecule has 0 saturated carbocycles. The predicted molar refractivity (Wildman–Crippen MR) is 99.4 cm³/mol. The molecule has 23 heavy (non-hydrogen) atoms. The van der Waals surface area contributed by atoms with Crippen molar-refractivity contribution in [3.8, 4) is 0 Å². The highest BCUT2D eigenvalue weighted by molar-refractivity contribution is 5.88. The summed E-state index contributed by atoms with van der Waals surface area (Å²) in [6.45, 7) is 9.43. The van der Waals surface area contributed by atoms with Crippen LogP contribution in [-0.2, 0) is 9.53 Å². The number of hydrogen-bond acceptors (Lipinski definition) is 3. The Balaban J connectivity index is 3.39. The Labute approximate surface area is 144 Å². The van der Waals surface area contributed by atoms with E-state index in [2.05, 4.69) is 20.4 Å². The first kappa shape index (κ1) is 22.2. The van der Waals surface area contributed by atoms with E-state index in [0.717, 1.165) is 32.2 Å². The fourth-order valence-electron chi connectivity index (χ4n) is 2.87. The zero-order chi connectivity index (χ0) is 17.3. The van der Waals surface area contributed by atoms with Gasteiger partial charge < -0.3 is 10.5 Å². The third-order valence-corrected chi connectivity index (χ3v) is 4.57. The standard InChI is InChI=1S/C20H39NO2/c1-4-19(5-2)18(3)20(22)23-17-15-13-11-9-7-6-8-10-12-14-16-21/h19H,3-17,21H2,1-2H3. The number of unbranched alkanes of at least 4 members (excludes halogenated alkanes) is 9. The molecule has 0 radical (unpaired) electrons. The minimum atomic E-state index is -0.198. The lowest BCUT2D eigenvalue weighted by Gasteiger charge is -2.14. The number of carbonyl (C=O) groups is 1. The van der Waals surface area contributed by atoms with Crippen LogP contribution < -0.4 is 5.73 Å². The van der Waals surface area contributed by atoms with E-state index < -0.39 is 0 Å². The van der Waals surface area contributed by atoms with E-state index in [1.54, 1.807) is 0 Å². The highest BCUT2D eigenvalue weighted by Crippen LogP contribution is 2.18. The second-order valence-electron chi connectivity index (χ2n) is 6.50. The quantitative estimate of drug-likeness (QED) is 0.235. The van der Waals surface area contributed by atoms with Crippen molar-refractivity contribution in [2.45, 2.75) is 90.9 Å². The molecule has 0 spiro atoms. The Bertz CT molecular complexity index is 298. The van der Waals surface area contributed by atoms with Crippen LogP contribution >= 0.6 is 0 Å². The molecule has 0 fully saturated rings. The molecule has 0 amide bonds. The van der Waals surface area contributed by atoms with Crippen molar-refractivity contribution >= 4 is 5.97 Å². The van der Waals surface area contributed by atoms with Crippen LogP contribution in [0.15, 0.2) is 12.2 Å². The summed E-state index contributed by atoms with van der Waals surface area (Å²) in [6, 6.07) is 0. The van der Waals surface area contributed by atoms with Crippen LogP contribution in [0.5, 0.6) is 0 Å². The van der Waals surface area contributed by atoms with Gasteiger partial charge in [0.15, 0.2) is 0 Å². The average Bonchev–Trinajstić information content (AvgIpc) is 2.56. The average molecular weight is 326 g/mol. The van der Waals surface area contributed by atoms with Crippen LogP contribution in [0, 0.1) is 5.92 Å². The summed E-state index contributed by atoms with van der Waals surface area (Å²) in [7, 11) is 0. The van der Waals surface area contributed by atoms with Crippen LogP contribution in [0.25, 0.3) is 0 Å². The van der Waals surface area contributed by atoms with Crippen molar-refractivity contribution in [1.82, 2.24) is 0 Å². The molecular formula is C20H39NO2. The molecule has 0 saturated heterocycles. The number of rotatable bonds is 16. The van der Waals surface area contributed by atoms with Crippen molar-refractivity contribution in [1.29, 1.82) is 0 Å². The first-order chi connectivity index (χ1) is 11.2. The molecule has 0 aliphatic heterocycles. The lowest BCUT2D eigenvalue weighted by Crippen LogP contribution is -2.15. The SMILES string of the molecule is C=C(C(=O)OCCCCCCCCCCCCN)C(CC)CC. The maximum absolute atomic E-state index is 11.9. The fraction of sp³-hybridized carbons (Fsp3) is 0.850. The van der Waals surface area contributed by atoms with Crippen LogP contribution in [-0.4, -0.2) is 19.1 Å². The van der Waals surface area contributed by atoms with Gasteiger partial charge in [-0.2, -0.15) is 0 Å². The highest BCUT2D eigenvalue weighted by atomic mass is 16.5. The minimum Gasteiger partial charge on any atom is -0.462 e. The molecule has 136 valence electrons. The summed E-state index contributed by atoms with van der Waals surface area (Å²) in [4.78, 5) is 11.9. The van der Waals surface area contributed by atoms with E-state index in [-0.39, 0.29) is 11.9 Å². The predicted octanol–water partition coefficient (Wildman–Crippen LogP) is 5.38. The van der Waals surface area contributed by atoms with Gasteiger partial charge in [0.2, 0.25) is 0 Å². The van der Waals surface area contributed by atoms with Gasteiger partial charge in [-0.3, -0.25) is 0 Å². The summed E-state index contributed by atoms with van der Waals surface area (Å²) >= 11 is 0. The summed E-state index contributed by atoms with van der Waals surface area (Å²) in [5.41, 5.74) is 6.12. The van der Waals surface area contributed by atoms with E-state index in [4.69, 9.17) is 10.5 Å². The number of nitrogens with two attached hydrogens (primary N) is 1. The van der Waals surface area contributed by atoms with Crippen LogP contribution in [0.4, 0.5) is 0 Å². The molecule has 0 aliphatic carbocycles. The maximum Gasteiger partial charge on any atom is 0.333 e. The van der Waals surface area contributed by atoms with E-state index in [0.29, 0.717) is 12.2 Å². The maximum atomic E-state index is 11.9. The second kappa shape index (κ2) is 16.0. The lowest BCUT2D eigenvalue weighted by molar-refractivity contribution is -0.139. The van der Waals surface area contributed by atoms with Crippen LogP contribution in [0.3, 0.4) is 0 Å². The number of esters is 1. The van der Waals surface area contributed by atoms with E-state index in [1.807, 2.05) is 0 Å². The van der Waals surface area contributed by atoms with Crippen molar-refractivity contribution in [3.63, 3.8) is 0 Å². The zero-order valence-electron chi connectivity index (χ0n) is 15.6. The van der Waals surface area contributed by atoms with Crippen molar-refractivity contribution in [2.24, 2.45) is 11.7 Å². The largest absolute Gasteiger partial charge is 0.462 e. The van der Waals surface area contributed by atoms with E-state index >= 15 is 0 Å². The van der Waals surface area contributed by atoms with Gasteiger partial charge in [0, 0.05) is 5.57 Å². The van der Waals surface area contributed by atoms with Crippen LogP contribution in [0.1, 0.15) is 90.9 Å². The molecule has 0 atom stereocenters. The van der Waals surface area contributed by atoms with Gasteiger partial charge in [-0.15, -0.1) is 0 Å². The molecule has 3 heteroatoms. The zero-order valence-corrected chi connectivity index (χ0v) is 15.6. The Morgan fingerprint density at radius 1 is 0.870 bits per heavy atom. The molecule has 0 aromatic carbocycles. The van der Waals surface area contributed by atoms with E-state index in [1.165, 1.54) is 51.4 Å². The van der Waals surface area contributed by atoms with Crippen molar-refractivity contribution < 1.29 is 9.53 Å². The third-order valence-electron chi connectivity index (χ3n) is 4.57. The number of ether oxygens (including phenoxy) is 1. The second-order valence-corrected chi connectivity index (χ2v) is 6.50. The molecular weight excluding hydrogens is 286 g/mol. The Morgan fingerprint density at radius 2 is 1.30 bits per heavy atom. The molecule has 3 nitrogen and oxygen atoms in total. The number of carbonyl (C=O) groups excluding carboxylic acids is 1. The van der Waals surface area contributed by atoms with Crippen LogP contribution in [0.2, 0.25) is 0 Å². The van der Waals surface area contributed by atoms with Gasteiger partial charge in [-0.25, -0.2) is 4.79 Å². The monoisotopic (exact) mass is 325 g/mol. The van der Waals surface area contributed by atoms with Crippen molar-refractivity contribution in [3.05, 3.63) is 12.2 Å². The smallest absolute Gasteiger partial charge is 0.333 e.